The highest BCUT2D eigenvalue weighted by Gasteiger charge is 2.11. The molecule has 0 radical (unpaired) electrons. The Bertz CT molecular complexity index is 315. The number of nitrogens with zero attached hydrogens (tertiary/aromatic N) is 3. The van der Waals surface area contributed by atoms with Crippen LogP contribution in [0.2, 0.25) is 0 Å². The van der Waals surface area contributed by atoms with Gasteiger partial charge >= 0.3 is 0 Å². The van der Waals surface area contributed by atoms with Gasteiger partial charge in [0.15, 0.2) is 0 Å². The maximum atomic E-state index is 11.5. The molecular formula is C10H19N5O2. The summed E-state index contributed by atoms with van der Waals surface area (Å²) in [5.74, 6) is -0.138. The highest BCUT2D eigenvalue weighted by molar-refractivity contribution is 5.81. The van der Waals surface area contributed by atoms with Gasteiger partial charge in [0.05, 0.1) is 18.8 Å². The maximum absolute atomic E-state index is 11.5. The first-order chi connectivity index (χ1) is 8.24. The van der Waals surface area contributed by atoms with Crippen molar-refractivity contribution >= 4 is 5.91 Å². The van der Waals surface area contributed by atoms with E-state index in [1.165, 1.54) is 0 Å². The molecule has 0 spiro atoms. The van der Waals surface area contributed by atoms with Gasteiger partial charge in [0.1, 0.15) is 0 Å². The Balaban J connectivity index is 2.11. The van der Waals surface area contributed by atoms with E-state index in [0.717, 1.165) is 6.42 Å². The summed E-state index contributed by atoms with van der Waals surface area (Å²) in [6.45, 7) is 1.72. The molecule has 17 heavy (non-hydrogen) atoms. The zero-order valence-corrected chi connectivity index (χ0v) is 10.0. The van der Waals surface area contributed by atoms with Crippen molar-refractivity contribution in [2.75, 3.05) is 20.3 Å². The van der Waals surface area contributed by atoms with Gasteiger partial charge in [-0.3, -0.25) is 9.48 Å². The molecule has 7 nitrogen and oxygen atoms in total. The first-order valence-corrected chi connectivity index (χ1v) is 5.60. The molecule has 0 bridgehead atoms. The number of methoxy groups -OCH3 is 1. The van der Waals surface area contributed by atoms with E-state index in [2.05, 4.69) is 15.6 Å². The predicted molar refractivity (Wildman–Crippen MR) is 62.1 cm³/mol. The van der Waals surface area contributed by atoms with Gasteiger partial charge < -0.3 is 15.8 Å². The fourth-order valence-electron chi connectivity index (χ4n) is 1.36. The first-order valence-electron chi connectivity index (χ1n) is 5.60. The van der Waals surface area contributed by atoms with E-state index < -0.39 is 6.04 Å². The van der Waals surface area contributed by atoms with Gasteiger partial charge in [-0.25, -0.2) is 0 Å². The van der Waals surface area contributed by atoms with Gasteiger partial charge in [-0.05, 0) is 12.8 Å². The van der Waals surface area contributed by atoms with E-state index in [4.69, 9.17) is 10.5 Å². The number of rotatable bonds is 8. The van der Waals surface area contributed by atoms with Crippen LogP contribution in [-0.4, -0.2) is 47.2 Å². The van der Waals surface area contributed by atoms with Gasteiger partial charge in [-0.2, -0.15) is 0 Å². The second-order valence-electron chi connectivity index (χ2n) is 3.70. The van der Waals surface area contributed by atoms with E-state index in [9.17, 15) is 4.79 Å². The number of nitrogens with two attached hydrogens (primary N) is 1. The van der Waals surface area contributed by atoms with Gasteiger partial charge in [0, 0.05) is 26.5 Å². The van der Waals surface area contributed by atoms with E-state index in [0.29, 0.717) is 26.1 Å². The number of ether oxygens (including phenoxy) is 1. The Kier molecular flexibility index (Phi) is 6.19. The number of hydrogen-bond acceptors (Lipinski definition) is 5. The molecule has 0 aliphatic carbocycles. The molecule has 0 saturated heterocycles. The molecule has 0 aliphatic heterocycles. The molecule has 1 aromatic heterocycles. The summed E-state index contributed by atoms with van der Waals surface area (Å²) < 4.78 is 6.55. The number of carbonyl (C=O) groups excluding carboxylic acids is 1. The van der Waals surface area contributed by atoms with E-state index in [1.807, 2.05) is 0 Å². The van der Waals surface area contributed by atoms with Crippen LogP contribution < -0.4 is 11.1 Å². The highest BCUT2D eigenvalue weighted by Crippen LogP contribution is 1.94. The fourth-order valence-corrected chi connectivity index (χ4v) is 1.36. The minimum absolute atomic E-state index is 0.138. The van der Waals surface area contributed by atoms with Crippen molar-refractivity contribution in [1.29, 1.82) is 0 Å². The molecule has 1 rings (SSSR count). The Morgan fingerprint density at radius 3 is 3.12 bits per heavy atom. The summed E-state index contributed by atoms with van der Waals surface area (Å²) in [4.78, 5) is 11.5. The minimum Gasteiger partial charge on any atom is -0.385 e. The third kappa shape index (κ3) is 5.41. The van der Waals surface area contributed by atoms with Crippen LogP contribution in [0.15, 0.2) is 12.4 Å². The summed E-state index contributed by atoms with van der Waals surface area (Å²) in [5, 5.41) is 10.2. The van der Waals surface area contributed by atoms with Crippen LogP contribution in [0.3, 0.4) is 0 Å². The summed E-state index contributed by atoms with van der Waals surface area (Å²) in [6, 6.07) is -0.471. The van der Waals surface area contributed by atoms with Crippen molar-refractivity contribution in [3.63, 3.8) is 0 Å². The molecule has 1 unspecified atom stereocenters. The zero-order valence-electron chi connectivity index (χ0n) is 10.0. The molecule has 0 aliphatic rings. The molecule has 1 heterocycles. The average molecular weight is 241 g/mol. The Labute approximate surface area is 100 Å². The van der Waals surface area contributed by atoms with Crippen LogP contribution in [0.25, 0.3) is 0 Å². The Hall–Kier alpha value is -1.47. The standard InChI is InChI=1S/C10H19N5O2/c1-17-8-2-3-9(11)10(16)12-4-6-15-7-5-13-14-15/h5,7,9H,2-4,6,8,11H2,1H3,(H,12,16). The number of amides is 1. The van der Waals surface area contributed by atoms with Gasteiger partial charge in [-0.15, -0.1) is 5.10 Å². The number of aromatic nitrogens is 3. The van der Waals surface area contributed by atoms with Gasteiger partial charge in [0.2, 0.25) is 5.91 Å². The quantitative estimate of drug-likeness (QED) is 0.578. The monoisotopic (exact) mass is 241 g/mol. The number of nitrogens with one attached hydrogen (secondary N) is 1. The molecule has 3 N–H and O–H groups in total. The van der Waals surface area contributed by atoms with Crippen LogP contribution in [0.1, 0.15) is 12.8 Å². The van der Waals surface area contributed by atoms with E-state index in [1.54, 1.807) is 24.2 Å². The number of carbonyl (C=O) groups is 1. The van der Waals surface area contributed by atoms with Crippen molar-refractivity contribution in [3.8, 4) is 0 Å². The van der Waals surface area contributed by atoms with E-state index >= 15 is 0 Å². The molecule has 1 aromatic rings. The average Bonchev–Trinajstić information content (AvgIpc) is 2.82. The third-order valence-electron chi connectivity index (χ3n) is 2.31. The smallest absolute Gasteiger partial charge is 0.236 e. The lowest BCUT2D eigenvalue weighted by molar-refractivity contribution is -0.122. The SMILES string of the molecule is COCCCC(N)C(=O)NCCn1ccnn1. The van der Waals surface area contributed by atoms with Crippen molar-refractivity contribution in [1.82, 2.24) is 20.3 Å². The van der Waals surface area contributed by atoms with Crippen molar-refractivity contribution in [2.24, 2.45) is 5.73 Å². The van der Waals surface area contributed by atoms with Crippen LogP contribution in [0, 0.1) is 0 Å². The normalized spacial score (nSPS) is 12.4. The van der Waals surface area contributed by atoms with Crippen LogP contribution in [-0.2, 0) is 16.1 Å². The van der Waals surface area contributed by atoms with Crippen LogP contribution in [0.5, 0.6) is 0 Å². The molecular weight excluding hydrogens is 222 g/mol. The predicted octanol–water partition coefficient (Wildman–Crippen LogP) is -0.852. The van der Waals surface area contributed by atoms with Crippen LogP contribution >= 0.6 is 0 Å². The van der Waals surface area contributed by atoms with Gasteiger partial charge in [0.25, 0.3) is 0 Å². The number of hydrogen-bond donors (Lipinski definition) is 2. The Morgan fingerprint density at radius 1 is 1.65 bits per heavy atom. The maximum Gasteiger partial charge on any atom is 0.236 e. The molecule has 0 aromatic carbocycles. The molecule has 0 saturated carbocycles. The molecule has 1 atom stereocenters. The topological polar surface area (TPSA) is 95.1 Å². The van der Waals surface area contributed by atoms with E-state index in [-0.39, 0.29) is 5.91 Å². The summed E-state index contributed by atoms with van der Waals surface area (Å²) in [5.41, 5.74) is 5.72. The summed E-state index contributed by atoms with van der Waals surface area (Å²) >= 11 is 0. The van der Waals surface area contributed by atoms with Crippen LogP contribution in [0.4, 0.5) is 0 Å². The third-order valence-corrected chi connectivity index (χ3v) is 2.31. The Morgan fingerprint density at radius 2 is 2.47 bits per heavy atom. The minimum atomic E-state index is -0.471. The second kappa shape index (κ2) is 7.75. The lowest BCUT2D eigenvalue weighted by Gasteiger charge is -2.11. The fraction of sp³-hybridized carbons (Fsp3) is 0.700. The lowest BCUT2D eigenvalue weighted by Crippen LogP contribution is -2.41. The highest BCUT2D eigenvalue weighted by atomic mass is 16.5. The van der Waals surface area contributed by atoms with Gasteiger partial charge in [-0.1, -0.05) is 5.21 Å². The molecule has 7 heteroatoms. The first kappa shape index (κ1) is 13.6. The van der Waals surface area contributed by atoms with Crippen molar-refractivity contribution in [3.05, 3.63) is 12.4 Å². The zero-order chi connectivity index (χ0) is 12.5. The largest absolute Gasteiger partial charge is 0.385 e. The summed E-state index contributed by atoms with van der Waals surface area (Å²) in [7, 11) is 1.63. The second-order valence-corrected chi connectivity index (χ2v) is 3.70. The molecule has 96 valence electrons. The molecule has 0 fully saturated rings. The lowest BCUT2D eigenvalue weighted by atomic mass is 10.1. The molecule has 1 amide bonds. The van der Waals surface area contributed by atoms with Crippen molar-refractivity contribution in [2.45, 2.75) is 25.4 Å². The summed E-state index contributed by atoms with van der Waals surface area (Å²) in [6.07, 6.45) is 4.75. The van der Waals surface area contributed by atoms with Crippen molar-refractivity contribution < 1.29 is 9.53 Å².